The summed E-state index contributed by atoms with van der Waals surface area (Å²) in [6, 6.07) is 19.9. The smallest absolute Gasteiger partial charge is 0.235 e. The van der Waals surface area contributed by atoms with E-state index in [-0.39, 0.29) is 24.0 Å². The molecule has 0 fully saturated rings. The van der Waals surface area contributed by atoms with Crippen molar-refractivity contribution in [1.82, 2.24) is 4.98 Å². The molecular formula is C21H18ClN3O2S. The lowest BCUT2D eigenvalue weighted by Crippen LogP contribution is -2.15. The van der Waals surface area contributed by atoms with Gasteiger partial charge < -0.3 is 10.6 Å². The molecule has 5 nitrogen and oxygen atoms in total. The fourth-order valence-corrected chi connectivity index (χ4v) is 3.30. The highest BCUT2D eigenvalue weighted by molar-refractivity contribution is 8.00. The van der Waals surface area contributed by atoms with Crippen LogP contribution in [0.5, 0.6) is 0 Å². The van der Waals surface area contributed by atoms with Crippen molar-refractivity contribution in [3.8, 4) is 0 Å². The van der Waals surface area contributed by atoms with Crippen LogP contribution in [0.15, 0.2) is 77.8 Å². The fourth-order valence-electron chi connectivity index (χ4n) is 2.42. The highest BCUT2D eigenvalue weighted by atomic mass is 35.5. The zero-order valence-corrected chi connectivity index (χ0v) is 16.5. The second-order valence-corrected chi connectivity index (χ2v) is 7.42. The Morgan fingerprint density at radius 2 is 1.75 bits per heavy atom. The predicted octanol–water partition coefficient (Wildman–Crippen LogP) is 4.65. The van der Waals surface area contributed by atoms with Gasteiger partial charge in [0.1, 0.15) is 5.82 Å². The number of halogens is 1. The summed E-state index contributed by atoms with van der Waals surface area (Å²) in [5.41, 5.74) is 1.58. The molecule has 2 N–H and O–H groups in total. The molecule has 0 saturated heterocycles. The van der Waals surface area contributed by atoms with Crippen molar-refractivity contribution in [2.75, 3.05) is 16.4 Å². The van der Waals surface area contributed by atoms with E-state index in [1.54, 1.807) is 30.5 Å². The highest BCUT2D eigenvalue weighted by Gasteiger charge is 2.07. The van der Waals surface area contributed by atoms with Crippen molar-refractivity contribution in [2.24, 2.45) is 0 Å². The molecule has 0 aliphatic heterocycles. The number of carbonyl (C=O) groups excluding carboxylic acids is 2. The quantitative estimate of drug-likeness (QED) is 0.555. The molecule has 0 radical (unpaired) electrons. The third-order valence-corrected chi connectivity index (χ3v) is 4.94. The molecule has 1 heterocycles. The molecule has 28 heavy (non-hydrogen) atoms. The first-order chi connectivity index (χ1) is 13.6. The summed E-state index contributed by atoms with van der Waals surface area (Å²) in [6.07, 6.45) is 1.89. The topological polar surface area (TPSA) is 71.1 Å². The molecule has 0 saturated carbocycles. The van der Waals surface area contributed by atoms with Gasteiger partial charge in [-0.15, -0.1) is 11.8 Å². The Morgan fingerprint density at radius 1 is 0.929 bits per heavy atom. The van der Waals surface area contributed by atoms with Crippen molar-refractivity contribution in [3.63, 3.8) is 0 Å². The predicted molar refractivity (Wildman–Crippen MR) is 114 cm³/mol. The summed E-state index contributed by atoms with van der Waals surface area (Å²) in [5, 5.41) is 6.26. The number of rotatable bonds is 7. The van der Waals surface area contributed by atoms with Crippen molar-refractivity contribution in [1.29, 1.82) is 0 Å². The van der Waals surface area contributed by atoms with Crippen LogP contribution in [-0.4, -0.2) is 22.6 Å². The SMILES string of the molecule is O=C(Cc1ccc(Cl)cc1)Nc1cccc(SCC(=O)Nc2ccccn2)c1. The Hall–Kier alpha value is -2.83. The third-order valence-electron chi connectivity index (χ3n) is 3.70. The Kier molecular flexibility index (Phi) is 7.06. The summed E-state index contributed by atoms with van der Waals surface area (Å²) in [5.74, 6) is 0.521. The first-order valence-electron chi connectivity index (χ1n) is 8.56. The van der Waals surface area contributed by atoms with Crippen molar-refractivity contribution < 1.29 is 9.59 Å². The first-order valence-corrected chi connectivity index (χ1v) is 9.93. The molecule has 142 valence electrons. The Morgan fingerprint density at radius 3 is 2.50 bits per heavy atom. The minimum Gasteiger partial charge on any atom is -0.326 e. The van der Waals surface area contributed by atoms with E-state index in [4.69, 9.17) is 11.6 Å². The van der Waals surface area contributed by atoms with Crippen molar-refractivity contribution in [3.05, 3.63) is 83.5 Å². The number of anilines is 2. The Balaban J connectivity index is 1.51. The van der Waals surface area contributed by atoms with Gasteiger partial charge in [0.15, 0.2) is 0 Å². The minimum atomic E-state index is -0.138. The number of aromatic nitrogens is 1. The average molecular weight is 412 g/mol. The van der Waals surface area contributed by atoms with Gasteiger partial charge in [0, 0.05) is 21.8 Å². The van der Waals surface area contributed by atoms with E-state index >= 15 is 0 Å². The molecule has 2 amide bonds. The fraction of sp³-hybridized carbons (Fsp3) is 0.0952. The number of thioether (sulfide) groups is 1. The molecule has 0 unspecified atom stereocenters. The van der Waals surface area contributed by atoms with Gasteiger partial charge in [-0.25, -0.2) is 4.98 Å². The molecule has 2 aromatic carbocycles. The largest absolute Gasteiger partial charge is 0.326 e. The van der Waals surface area contributed by atoms with Crippen molar-refractivity contribution in [2.45, 2.75) is 11.3 Å². The zero-order chi connectivity index (χ0) is 19.8. The first kappa shape index (κ1) is 19.9. The summed E-state index contributed by atoms with van der Waals surface area (Å²) < 4.78 is 0. The molecular weight excluding hydrogens is 394 g/mol. The highest BCUT2D eigenvalue weighted by Crippen LogP contribution is 2.22. The molecule has 0 bridgehead atoms. The van der Waals surface area contributed by atoms with Gasteiger partial charge in [-0.3, -0.25) is 9.59 Å². The molecule has 0 spiro atoms. The molecule has 0 aliphatic carbocycles. The van der Waals surface area contributed by atoms with Crippen LogP contribution in [0.4, 0.5) is 11.5 Å². The van der Waals surface area contributed by atoms with Crippen LogP contribution in [0, 0.1) is 0 Å². The van der Waals surface area contributed by atoms with Crippen LogP contribution >= 0.6 is 23.4 Å². The maximum absolute atomic E-state index is 12.2. The van der Waals surface area contributed by atoms with E-state index in [1.165, 1.54) is 11.8 Å². The van der Waals surface area contributed by atoms with Crippen LogP contribution in [0.25, 0.3) is 0 Å². The summed E-state index contributed by atoms with van der Waals surface area (Å²) in [6.45, 7) is 0. The lowest BCUT2D eigenvalue weighted by Gasteiger charge is -2.08. The number of pyridine rings is 1. The van der Waals surface area contributed by atoms with Gasteiger partial charge in [-0.1, -0.05) is 35.9 Å². The average Bonchev–Trinajstić information content (AvgIpc) is 2.69. The molecule has 0 atom stereocenters. The summed E-state index contributed by atoms with van der Waals surface area (Å²) >= 11 is 7.25. The van der Waals surface area contributed by atoms with E-state index in [1.807, 2.05) is 42.5 Å². The summed E-state index contributed by atoms with van der Waals surface area (Å²) in [4.78, 5) is 29.2. The third kappa shape index (κ3) is 6.40. The van der Waals surface area contributed by atoms with Gasteiger partial charge in [-0.05, 0) is 48.0 Å². The minimum absolute atomic E-state index is 0.114. The number of hydrogen-bond acceptors (Lipinski definition) is 4. The van der Waals surface area contributed by atoms with Gasteiger partial charge in [0.2, 0.25) is 11.8 Å². The number of nitrogens with one attached hydrogen (secondary N) is 2. The van der Waals surface area contributed by atoms with Crippen LogP contribution < -0.4 is 10.6 Å². The van der Waals surface area contributed by atoms with E-state index in [0.717, 1.165) is 10.5 Å². The van der Waals surface area contributed by atoms with Crippen LogP contribution in [-0.2, 0) is 16.0 Å². The van der Waals surface area contributed by atoms with Crippen LogP contribution in [0.2, 0.25) is 5.02 Å². The van der Waals surface area contributed by atoms with Crippen LogP contribution in [0.3, 0.4) is 0 Å². The number of amides is 2. The van der Waals surface area contributed by atoms with Gasteiger partial charge in [-0.2, -0.15) is 0 Å². The molecule has 3 aromatic rings. The van der Waals surface area contributed by atoms with E-state index in [2.05, 4.69) is 15.6 Å². The van der Waals surface area contributed by atoms with Crippen LogP contribution in [0.1, 0.15) is 5.56 Å². The lowest BCUT2D eigenvalue weighted by atomic mass is 10.1. The van der Waals surface area contributed by atoms with E-state index in [0.29, 0.717) is 16.5 Å². The second kappa shape index (κ2) is 9.92. The number of nitrogens with zero attached hydrogens (tertiary/aromatic N) is 1. The molecule has 7 heteroatoms. The molecule has 0 aliphatic rings. The van der Waals surface area contributed by atoms with Gasteiger partial charge >= 0.3 is 0 Å². The zero-order valence-electron chi connectivity index (χ0n) is 14.9. The van der Waals surface area contributed by atoms with E-state index < -0.39 is 0 Å². The normalized spacial score (nSPS) is 10.3. The monoisotopic (exact) mass is 411 g/mol. The maximum Gasteiger partial charge on any atom is 0.235 e. The van der Waals surface area contributed by atoms with Gasteiger partial charge in [0.25, 0.3) is 0 Å². The number of hydrogen-bond donors (Lipinski definition) is 2. The molecule has 3 rings (SSSR count). The summed E-state index contributed by atoms with van der Waals surface area (Å²) in [7, 11) is 0. The second-order valence-electron chi connectivity index (χ2n) is 5.93. The number of carbonyl (C=O) groups is 2. The molecule has 1 aromatic heterocycles. The lowest BCUT2D eigenvalue weighted by molar-refractivity contribution is -0.115. The standard InChI is InChI=1S/C21H18ClN3O2S/c22-16-9-7-15(8-10-16)12-20(26)24-17-4-3-5-18(13-17)28-14-21(27)25-19-6-1-2-11-23-19/h1-11,13H,12,14H2,(H,24,26)(H,23,25,27). The Bertz CT molecular complexity index is 949. The number of benzene rings is 2. The van der Waals surface area contributed by atoms with E-state index in [9.17, 15) is 9.59 Å². The maximum atomic E-state index is 12.2. The Labute approximate surface area is 172 Å². The van der Waals surface area contributed by atoms with Gasteiger partial charge in [0.05, 0.1) is 12.2 Å². The van der Waals surface area contributed by atoms with Crippen molar-refractivity contribution >= 4 is 46.7 Å².